The second kappa shape index (κ2) is 4.29. The molecule has 1 aliphatic heterocycles. The number of thioether (sulfide) groups is 1. The molecule has 14 heavy (non-hydrogen) atoms. The van der Waals surface area contributed by atoms with Crippen LogP contribution in [-0.4, -0.2) is 23.4 Å². The number of nitrogens with zero attached hydrogens (tertiary/aromatic N) is 1. The van der Waals surface area contributed by atoms with E-state index in [1.54, 1.807) is 11.8 Å². The summed E-state index contributed by atoms with van der Waals surface area (Å²) < 4.78 is 5.10. The molecule has 0 unspecified atom stereocenters. The zero-order valence-corrected chi connectivity index (χ0v) is 8.96. The molecule has 0 amide bonds. The van der Waals surface area contributed by atoms with Crippen LogP contribution >= 0.6 is 11.8 Å². The lowest BCUT2D eigenvalue weighted by Gasteiger charge is -2.24. The van der Waals surface area contributed by atoms with E-state index < -0.39 is 0 Å². The van der Waals surface area contributed by atoms with Crippen LogP contribution in [0.3, 0.4) is 0 Å². The zero-order chi connectivity index (χ0) is 9.97. The van der Waals surface area contributed by atoms with Gasteiger partial charge in [0.25, 0.3) is 0 Å². The Labute approximate surface area is 88.0 Å². The average molecular weight is 210 g/mol. The van der Waals surface area contributed by atoms with Gasteiger partial charge in [0.2, 0.25) is 0 Å². The van der Waals surface area contributed by atoms with Crippen LogP contribution in [0, 0.1) is 0 Å². The molecule has 0 aliphatic carbocycles. The van der Waals surface area contributed by atoms with E-state index >= 15 is 0 Å². The molecule has 0 radical (unpaired) electrons. The number of rotatable bonds is 3. The Morgan fingerprint density at radius 2 is 2.36 bits per heavy atom. The van der Waals surface area contributed by atoms with Gasteiger partial charge < -0.3 is 10.5 Å². The normalized spacial score (nSPS) is 19.0. The van der Waals surface area contributed by atoms with Gasteiger partial charge in [0.05, 0.1) is 23.5 Å². The number of aromatic nitrogens is 1. The lowest BCUT2D eigenvalue weighted by molar-refractivity contribution is 0.0454. The third-order valence-corrected chi connectivity index (χ3v) is 3.27. The Morgan fingerprint density at radius 3 is 2.79 bits per heavy atom. The van der Waals surface area contributed by atoms with Crippen molar-refractivity contribution in [2.45, 2.75) is 23.2 Å². The number of hydrogen-bond donors (Lipinski definition) is 1. The van der Waals surface area contributed by atoms with Crippen molar-refractivity contribution in [1.29, 1.82) is 0 Å². The molecule has 1 aliphatic rings. The van der Waals surface area contributed by atoms with E-state index in [-0.39, 0.29) is 6.04 Å². The summed E-state index contributed by atoms with van der Waals surface area (Å²) in [6.07, 6.45) is 1.85. The predicted molar refractivity (Wildman–Crippen MR) is 57.3 cm³/mol. The van der Waals surface area contributed by atoms with Gasteiger partial charge in [-0.25, -0.2) is 4.98 Å². The summed E-state index contributed by atoms with van der Waals surface area (Å²) in [5.74, 6) is 0. The van der Waals surface area contributed by atoms with E-state index in [4.69, 9.17) is 10.5 Å². The van der Waals surface area contributed by atoms with Gasteiger partial charge in [-0.2, -0.15) is 0 Å². The van der Waals surface area contributed by atoms with Crippen LogP contribution < -0.4 is 5.73 Å². The molecule has 4 heteroatoms. The largest absolute Gasteiger partial charge is 0.379 e. The van der Waals surface area contributed by atoms with Crippen molar-refractivity contribution in [3.8, 4) is 0 Å². The Morgan fingerprint density at radius 1 is 1.57 bits per heavy atom. The summed E-state index contributed by atoms with van der Waals surface area (Å²) in [4.78, 5) is 4.35. The summed E-state index contributed by atoms with van der Waals surface area (Å²) >= 11 is 1.77. The second-order valence-electron chi connectivity index (χ2n) is 3.50. The van der Waals surface area contributed by atoms with E-state index in [0.717, 1.165) is 23.8 Å². The molecule has 3 nitrogen and oxygen atoms in total. The summed E-state index contributed by atoms with van der Waals surface area (Å²) in [6.45, 7) is 3.66. The molecule has 1 aromatic heterocycles. The highest BCUT2D eigenvalue weighted by Crippen LogP contribution is 2.26. The van der Waals surface area contributed by atoms with Crippen LogP contribution in [0.4, 0.5) is 0 Å². The monoisotopic (exact) mass is 210 g/mol. The second-order valence-corrected chi connectivity index (χ2v) is 4.82. The first-order chi connectivity index (χ1) is 6.75. The lowest BCUT2D eigenvalue weighted by Crippen LogP contribution is -2.30. The fourth-order valence-electron chi connectivity index (χ4n) is 1.18. The van der Waals surface area contributed by atoms with E-state index in [2.05, 4.69) is 4.98 Å². The highest BCUT2D eigenvalue weighted by molar-refractivity contribution is 8.00. The van der Waals surface area contributed by atoms with E-state index in [9.17, 15) is 0 Å². The molecule has 1 fully saturated rings. The molecule has 1 saturated heterocycles. The quantitative estimate of drug-likeness (QED) is 0.823. The van der Waals surface area contributed by atoms with Gasteiger partial charge in [-0.15, -0.1) is 0 Å². The van der Waals surface area contributed by atoms with Crippen LogP contribution in [0.1, 0.15) is 18.5 Å². The molecule has 2 heterocycles. The highest BCUT2D eigenvalue weighted by atomic mass is 32.2. The number of pyridine rings is 1. The maximum absolute atomic E-state index is 5.74. The predicted octanol–water partition coefficient (Wildman–Crippen LogP) is 1.59. The Kier molecular flexibility index (Phi) is 3.05. The fourth-order valence-corrected chi connectivity index (χ4v) is 2.11. The van der Waals surface area contributed by atoms with Crippen LogP contribution in [-0.2, 0) is 4.74 Å². The lowest BCUT2D eigenvalue weighted by atomic mass is 10.2. The molecule has 76 valence electrons. The third kappa shape index (κ3) is 2.26. The minimum absolute atomic E-state index is 0.0635. The molecule has 1 atom stereocenters. The van der Waals surface area contributed by atoms with Gasteiger partial charge >= 0.3 is 0 Å². The third-order valence-electron chi connectivity index (χ3n) is 2.18. The van der Waals surface area contributed by atoms with Crippen LogP contribution in [0.2, 0.25) is 0 Å². The first-order valence-corrected chi connectivity index (χ1v) is 5.59. The molecule has 2 rings (SSSR count). The molecule has 0 bridgehead atoms. The molecule has 0 saturated carbocycles. The van der Waals surface area contributed by atoms with Gasteiger partial charge in [0, 0.05) is 12.2 Å². The van der Waals surface area contributed by atoms with Gasteiger partial charge in [-0.3, -0.25) is 0 Å². The fraction of sp³-hybridized carbons (Fsp3) is 0.500. The Bertz CT molecular complexity index is 295. The average Bonchev–Trinajstić information content (AvgIpc) is 2.12. The minimum Gasteiger partial charge on any atom is -0.379 e. The first kappa shape index (κ1) is 9.96. The smallest absolute Gasteiger partial charge is 0.0964 e. The van der Waals surface area contributed by atoms with Crippen molar-refractivity contribution in [1.82, 2.24) is 4.98 Å². The standard InChI is InChI=1S/C10H14N2OS/c1-7(11)8-2-3-10(12-4-8)14-9-5-13-6-9/h2-4,7,9H,5-6,11H2,1H3/t7-/m1/s1. The van der Waals surface area contributed by atoms with Crippen molar-refractivity contribution in [2.75, 3.05) is 13.2 Å². The molecular weight excluding hydrogens is 196 g/mol. The molecule has 0 aromatic carbocycles. The first-order valence-electron chi connectivity index (χ1n) is 4.71. The van der Waals surface area contributed by atoms with Crippen LogP contribution in [0.15, 0.2) is 23.4 Å². The Balaban J connectivity index is 1.98. The van der Waals surface area contributed by atoms with E-state index in [0.29, 0.717) is 5.25 Å². The molecule has 0 spiro atoms. The summed E-state index contributed by atoms with van der Waals surface area (Å²) in [5.41, 5.74) is 6.82. The number of nitrogens with two attached hydrogens (primary N) is 1. The topological polar surface area (TPSA) is 48.1 Å². The summed E-state index contributed by atoms with van der Waals surface area (Å²) in [7, 11) is 0. The van der Waals surface area contributed by atoms with Crippen molar-refractivity contribution in [3.63, 3.8) is 0 Å². The van der Waals surface area contributed by atoms with Gasteiger partial charge in [-0.05, 0) is 18.6 Å². The minimum atomic E-state index is 0.0635. The van der Waals surface area contributed by atoms with Crippen molar-refractivity contribution >= 4 is 11.8 Å². The molecule has 2 N–H and O–H groups in total. The van der Waals surface area contributed by atoms with Crippen molar-refractivity contribution in [3.05, 3.63) is 23.9 Å². The maximum atomic E-state index is 5.74. The zero-order valence-electron chi connectivity index (χ0n) is 8.14. The molecular formula is C10H14N2OS. The summed E-state index contributed by atoms with van der Waals surface area (Å²) in [6, 6.07) is 4.13. The van der Waals surface area contributed by atoms with Crippen molar-refractivity contribution < 1.29 is 4.74 Å². The highest BCUT2D eigenvalue weighted by Gasteiger charge is 2.19. The maximum Gasteiger partial charge on any atom is 0.0964 e. The van der Waals surface area contributed by atoms with E-state index in [1.165, 1.54) is 0 Å². The number of ether oxygens (including phenoxy) is 1. The molecule has 1 aromatic rings. The number of hydrogen-bond acceptors (Lipinski definition) is 4. The SMILES string of the molecule is C[C@@H](N)c1ccc(SC2COC2)nc1. The van der Waals surface area contributed by atoms with Crippen LogP contribution in [0.25, 0.3) is 0 Å². The van der Waals surface area contributed by atoms with Crippen LogP contribution in [0.5, 0.6) is 0 Å². The van der Waals surface area contributed by atoms with Gasteiger partial charge in [0.15, 0.2) is 0 Å². The van der Waals surface area contributed by atoms with Gasteiger partial charge in [-0.1, -0.05) is 17.8 Å². The van der Waals surface area contributed by atoms with Crippen molar-refractivity contribution in [2.24, 2.45) is 5.73 Å². The summed E-state index contributed by atoms with van der Waals surface area (Å²) in [5, 5.41) is 1.64. The van der Waals surface area contributed by atoms with Gasteiger partial charge in [0.1, 0.15) is 0 Å². The van der Waals surface area contributed by atoms with E-state index in [1.807, 2.05) is 25.3 Å². The Hall–Kier alpha value is -0.580.